The number of nitrogens with zero attached hydrogens (tertiary/aromatic N) is 5. The van der Waals surface area contributed by atoms with Crippen molar-refractivity contribution in [3.8, 4) is 5.88 Å². The van der Waals surface area contributed by atoms with Crippen LogP contribution in [0.25, 0.3) is 5.65 Å². The monoisotopic (exact) mass is 385 g/mol. The number of hydrogen-bond acceptors (Lipinski definition) is 7. The van der Waals surface area contributed by atoms with E-state index in [2.05, 4.69) is 41.2 Å². The molecule has 28 heavy (non-hydrogen) atoms. The average Bonchev–Trinajstić information content (AvgIpc) is 3.11. The van der Waals surface area contributed by atoms with E-state index in [0.717, 1.165) is 48.7 Å². The molecule has 0 spiro atoms. The lowest BCUT2D eigenvalue weighted by Crippen LogP contribution is -2.35. The summed E-state index contributed by atoms with van der Waals surface area (Å²) < 4.78 is 8.08. The molecule has 152 valence electrons. The van der Waals surface area contributed by atoms with Gasteiger partial charge in [0.25, 0.3) is 0 Å². The Hall–Kier alpha value is -2.61. The standard InChI is InChI=1S/C20H31N7O/c1-14(2)17-13-24-27-18(23-12-15(22-3)5-8-21)11-19(25-20(17)27)28-16-6-9-26(4)10-7-16/h5,8,11,13-14,16,23H,6-7,9-10,12,21H2,1-4H3. The number of hydrogen-bond donors (Lipinski definition) is 2. The summed E-state index contributed by atoms with van der Waals surface area (Å²) in [4.78, 5) is 11.3. The Morgan fingerprint density at radius 1 is 1.43 bits per heavy atom. The Kier molecular flexibility index (Phi) is 6.51. The van der Waals surface area contributed by atoms with E-state index in [1.165, 1.54) is 6.20 Å². The van der Waals surface area contributed by atoms with Crippen LogP contribution in [0, 0.1) is 0 Å². The van der Waals surface area contributed by atoms with Crippen LogP contribution < -0.4 is 15.8 Å². The molecular formula is C20H31N7O. The molecule has 1 aliphatic rings. The van der Waals surface area contributed by atoms with E-state index in [-0.39, 0.29) is 6.10 Å². The third kappa shape index (κ3) is 4.62. The van der Waals surface area contributed by atoms with Crippen molar-refractivity contribution in [2.45, 2.75) is 38.7 Å². The highest BCUT2D eigenvalue weighted by Crippen LogP contribution is 2.26. The topological polar surface area (TPSA) is 93.1 Å². The van der Waals surface area contributed by atoms with E-state index in [4.69, 9.17) is 15.5 Å². The van der Waals surface area contributed by atoms with Crippen molar-refractivity contribution in [3.63, 3.8) is 0 Å². The molecule has 2 aromatic rings. The number of piperidine rings is 1. The van der Waals surface area contributed by atoms with Crippen LogP contribution in [0.2, 0.25) is 0 Å². The predicted octanol–water partition coefficient (Wildman–Crippen LogP) is 2.28. The molecule has 0 aromatic carbocycles. The quantitative estimate of drug-likeness (QED) is 0.710. The first kappa shape index (κ1) is 20.1. The zero-order chi connectivity index (χ0) is 20.1. The van der Waals surface area contributed by atoms with Gasteiger partial charge in [-0.15, -0.1) is 0 Å². The molecule has 8 nitrogen and oxygen atoms in total. The second-order valence-corrected chi connectivity index (χ2v) is 7.52. The van der Waals surface area contributed by atoms with Gasteiger partial charge in [0.2, 0.25) is 5.88 Å². The zero-order valence-corrected chi connectivity index (χ0v) is 17.2. The number of likely N-dealkylation sites (tertiary alicyclic amines) is 1. The van der Waals surface area contributed by atoms with Gasteiger partial charge in [-0.1, -0.05) is 13.8 Å². The highest BCUT2D eigenvalue weighted by Gasteiger charge is 2.20. The Bertz CT molecular complexity index is 848. The number of anilines is 1. The van der Waals surface area contributed by atoms with Crippen LogP contribution in [0.1, 0.15) is 38.2 Å². The van der Waals surface area contributed by atoms with Gasteiger partial charge >= 0.3 is 0 Å². The fraction of sp³-hybridized carbons (Fsp3) is 0.550. The van der Waals surface area contributed by atoms with Gasteiger partial charge in [-0.25, -0.2) is 0 Å². The zero-order valence-electron chi connectivity index (χ0n) is 17.2. The van der Waals surface area contributed by atoms with Crippen LogP contribution in [0.5, 0.6) is 5.88 Å². The normalized spacial score (nSPS) is 17.1. The van der Waals surface area contributed by atoms with Gasteiger partial charge < -0.3 is 20.7 Å². The van der Waals surface area contributed by atoms with Gasteiger partial charge in [-0.2, -0.15) is 14.6 Å². The first-order chi connectivity index (χ1) is 13.5. The molecule has 3 heterocycles. The maximum atomic E-state index is 6.25. The van der Waals surface area contributed by atoms with Crippen molar-refractivity contribution in [2.24, 2.45) is 10.7 Å². The molecule has 0 bridgehead atoms. The molecule has 1 saturated heterocycles. The lowest BCUT2D eigenvalue weighted by Gasteiger charge is -2.29. The van der Waals surface area contributed by atoms with Crippen LogP contribution in [-0.2, 0) is 0 Å². The van der Waals surface area contributed by atoms with Crippen LogP contribution in [0.3, 0.4) is 0 Å². The molecule has 2 aromatic heterocycles. The van der Waals surface area contributed by atoms with Crippen molar-refractivity contribution in [3.05, 3.63) is 30.1 Å². The Balaban J connectivity index is 1.89. The van der Waals surface area contributed by atoms with Crippen molar-refractivity contribution >= 4 is 17.2 Å². The van der Waals surface area contributed by atoms with Crippen LogP contribution in [0.15, 0.2) is 29.5 Å². The third-order valence-electron chi connectivity index (χ3n) is 5.08. The Morgan fingerprint density at radius 3 is 2.82 bits per heavy atom. The van der Waals surface area contributed by atoms with Gasteiger partial charge in [0.05, 0.1) is 18.5 Å². The van der Waals surface area contributed by atoms with E-state index in [1.54, 1.807) is 13.1 Å². The minimum Gasteiger partial charge on any atom is -0.474 e. The molecule has 0 amide bonds. The lowest BCUT2D eigenvalue weighted by atomic mass is 10.1. The number of nitrogens with two attached hydrogens (primary N) is 1. The number of ether oxygens (including phenoxy) is 1. The third-order valence-corrected chi connectivity index (χ3v) is 5.08. The molecule has 0 radical (unpaired) electrons. The lowest BCUT2D eigenvalue weighted by molar-refractivity contribution is 0.110. The van der Waals surface area contributed by atoms with E-state index < -0.39 is 0 Å². The summed E-state index contributed by atoms with van der Waals surface area (Å²) in [5.41, 5.74) is 8.27. The molecule has 0 unspecified atom stereocenters. The van der Waals surface area contributed by atoms with Crippen LogP contribution in [-0.4, -0.2) is 65.0 Å². The molecule has 0 saturated carbocycles. The first-order valence-corrected chi connectivity index (χ1v) is 9.83. The van der Waals surface area contributed by atoms with E-state index >= 15 is 0 Å². The Labute approximate surface area is 166 Å². The number of aliphatic imine (C=N–C) groups is 1. The second-order valence-electron chi connectivity index (χ2n) is 7.52. The molecule has 3 rings (SSSR count). The fourth-order valence-electron chi connectivity index (χ4n) is 3.33. The van der Waals surface area contributed by atoms with E-state index in [9.17, 15) is 0 Å². The maximum absolute atomic E-state index is 6.25. The minimum absolute atomic E-state index is 0.192. The van der Waals surface area contributed by atoms with Crippen LogP contribution >= 0.6 is 0 Å². The Morgan fingerprint density at radius 2 is 2.18 bits per heavy atom. The highest BCUT2D eigenvalue weighted by molar-refractivity contribution is 5.97. The number of fused-ring (bicyclic) bond motifs is 1. The summed E-state index contributed by atoms with van der Waals surface area (Å²) in [6.45, 7) is 6.91. The first-order valence-electron chi connectivity index (χ1n) is 9.83. The molecule has 0 atom stereocenters. The smallest absolute Gasteiger partial charge is 0.219 e. The minimum atomic E-state index is 0.192. The van der Waals surface area contributed by atoms with Gasteiger partial charge in [0.15, 0.2) is 5.65 Å². The highest BCUT2D eigenvalue weighted by atomic mass is 16.5. The molecule has 3 N–H and O–H groups in total. The second kappa shape index (κ2) is 9.05. The maximum Gasteiger partial charge on any atom is 0.219 e. The molecule has 8 heteroatoms. The molecule has 0 aliphatic carbocycles. The molecular weight excluding hydrogens is 354 g/mol. The number of nitrogens with one attached hydrogen (secondary N) is 1. The summed E-state index contributed by atoms with van der Waals surface area (Å²) in [6.07, 6.45) is 7.37. The van der Waals surface area contributed by atoms with Gasteiger partial charge in [-0.3, -0.25) is 4.99 Å². The fourth-order valence-corrected chi connectivity index (χ4v) is 3.33. The van der Waals surface area contributed by atoms with Crippen molar-refractivity contribution in [2.75, 3.05) is 39.0 Å². The summed E-state index contributed by atoms with van der Waals surface area (Å²) in [5, 5.41) is 7.93. The van der Waals surface area contributed by atoms with Gasteiger partial charge in [-0.05, 0) is 38.1 Å². The van der Waals surface area contributed by atoms with E-state index in [1.807, 2.05) is 16.8 Å². The summed E-state index contributed by atoms with van der Waals surface area (Å²) in [7, 11) is 3.89. The van der Waals surface area contributed by atoms with Crippen molar-refractivity contribution < 1.29 is 4.74 Å². The number of rotatable bonds is 7. The predicted molar refractivity (Wildman–Crippen MR) is 113 cm³/mol. The molecule has 1 fully saturated rings. The summed E-state index contributed by atoms with van der Waals surface area (Å²) in [5.74, 6) is 1.78. The van der Waals surface area contributed by atoms with Gasteiger partial charge in [0.1, 0.15) is 11.9 Å². The van der Waals surface area contributed by atoms with Gasteiger partial charge in [0, 0.05) is 31.8 Å². The van der Waals surface area contributed by atoms with Crippen molar-refractivity contribution in [1.82, 2.24) is 19.5 Å². The van der Waals surface area contributed by atoms with Crippen molar-refractivity contribution in [1.29, 1.82) is 0 Å². The average molecular weight is 386 g/mol. The number of aromatic nitrogens is 3. The van der Waals surface area contributed by atoms with Crippen LogP contribution in [0.4, 0.5) is 5.82 Å². The van der Waals surface area contributed by atoms with E-state index in [0.29, 0.717) is 18.3 Å². The summed E-state index contributed by atoms with van der Waals surface area (Å²) in [6, 6.07) is 1.92. The SMILES string of the molecule is CN=C(C=CN)CNc1cc(OC2CCN(C)CC2)nc2c(C(C)C)cnn12. The molecule has 1 aliphatic heterocycles. The summed E-state index contributed by atoms with van der Waals surface area (Å²) >= 11 is 0. The largest absolute Gasteiger partial charge is 0.474 e.